The number of hydrogen-bond donors (Lipinski definition) is 1. The maximum Gasteiger partial charge on any atom is 0.258 e. The zero-order chi connectivity index (χ0) is 19.5. The van der Waals surface area contributed by atoms with Crippen molar-refractivity contribution < 1.29 is 13.7 Å². The second-order valence-electron chi connectivity index (χ2n) is 6.13. The molecular formula is C21H15FN4O2. The molecule has 0 unspecified atom stereocenters. The summed E-state index contributed by atoms with van der Waals surface area (Å²) in [5.74, 6) is 0.454. The van der Waals surface area contributed by atoms with Crippen LogP contribution < -0.4 is 5.32 Å². The van der Waals surface area contributed by atoms with Gasteiger partial charge < -0.3 is 9.84 Å². The molecule has 0 spiro atoms. The number of pyridine rings is 1. The molecule has 4 rings (SSSR count). The van der Waals surface area contributed by atoms with Crippen molar-refractivity contribution in [2.24, 2.45) is 0 Å². The molecule has 0 bridgehead atoms. The molecular weight excluding hydrogens is 359 g/mol. The van der Waals surface area contributed by atoms with Crippen molar-refractivity contribution in [3.63, 3.8) is 0 Å². The van der Waals surface area contributed by atoms with Crippen LogP contribution in [0.4, 0.5) is 10.2 Å². The molecule has 2 heterocycles. The van der Waals surface area contributed by atoms with E-state index in [2.05, 4.69) is 20.4 Å². The highest BCUT2D eigenvalue weighted by Crippen LogP contribution is 2.23. The molecule has 0 radical (unpaired) electrons. The lowest BCUT2D eigenvalue weighted by molar-refractivity contribution is 0.102. The van der Waals surface area contributed by atoms with E-state index in [1.165, 1.54) is 12.1 Å². The molecule has 0 fully saturated rings. The van der Waals surface area contributed by atoms with E-state index in [0.717, 1.165) is 5.69 Å². The van der Waals surface area contributed by atoms with Gasteiger partial charge in [-0.2, -0.15) is 4.98 Å². The van der Waals surface area contributed by atoms with Gasteiger partial charge in [-0.25, -0.2) is 9.37 Å². The van der Waals surface area contributed by atoms with Gasteiger partial charge in [0.15, 0.2) is 0 Å². The van der Waals surface area contributed by atoms with Crippen LogP contribution >= 0.6 is 0 Å². The number of aryl methyl sites for hydroxylation is 1. The summed E-state index contributed by atoms with van der Waals surface area (Å²) < 4.78 is 18.4. The van der Waals surface area contributed by atoms with E-state index in [-0.39, 0.29) is 17.6 Å². The molecule has 0 aliphatic heterocycles. The van der Waals surface area contributed by atoms with Crippen LogP contribution in [0.1, 0.15) is 16.1 Å². The zero-order valence-electron chi connectivity index (χ0n) is 14.9. The van der Waals surface area contributed by atoms with E-state index >= 15 is 0 Å². The number of carbonyl (C=O) groups excluding carboxylic acids is 1. The molecule has 0 aliphatic carbocycles. The van der Waals surface area contributed by atoms with Crippen molar-refractivity contribution in [1.82, 2.24) is 15.1 Å². The Kier molecular flexibility index (Phi) is 4.63. The van der Waals surface area contributed by atoms with E-state index in [1.54, 1.807) is 42.5 Å². The van der Waals surface area contributed by atoms with Crippen molar-refractivity contribution in [3.05, 3.63) is 83.8 Å². The van der Waals surface area contributed by atoms with Gasteiger partial charge in [0.05, 0.1) is 0 Å². The molecule has 2 aromatic carbocycles. The lowest BCUT2D eigenvalue weighted by atomic mass is 10.1. The molecule has 1 amide bonds. The van der Waals surface area contributed by atoms with Gasteiger partial charge in [-0.3, -0.25) is 4.79 Å². The van der Waals surface area contributed by atoms with Gasteiger partial charge >= 0.3 is 0 Å². The minimum atomic E-state index is -0.339. The van der Waals surface area contributed by atoms with E-state index in [9.17, 15) is 9.18 Å². The number of hydrogen-bond acceptors (Lipinski definition) is 5. The number of rotatable bonds is 4. The summed E-state index contributed by atoms with van der Waals surface area (Å²) in [6.45, 7) is 1.85. The van der Waals surface area contributed by atoms with Gasteiger partial charge in [0, 0.05) is 22.4 Å². The second kappa shape index (κ2) is 7.40. The van der Waals surface area contributed by atoms with Crippen LogP contribution in [0, 0.1) is 12.7 Å². The largest absolute Gasteiger partial charge is 0.334 e. The van der Waals surface area contributed by atoms with E-state index < -0.39 is 0 Å². The number of nitrogens with zero attached hydrogens (tertiary/aromatic N) is 3. The maximum atomic E-state index is 13.1. The highest BCUT2D eigenvalue weighted by molar-refractivity contribution is 6.04. The standard InChI is InChI=1S/C21H15FN4O2/c1-13-4-2-7-18(23-13)24-20(27)15-5-3-6-16(12-15)21-25-19(26-28-21)14-8-10-17(22)11-9-14/h2-12H,1H3,(H,23,24,27). The number of nitrogens with one attached hydrogen (secondary N) is 1. The SMILES string of the molecule is Cc1cccc(NC(=O)c2cccc(-c3nc(-c4ccc(F)cc4)no3)c2)n1. The first-order valence-corrected chi connectivity index (χ1v) is 8.53. The molecule has 138 valence electrons. The fourth-order valence-electron chi connectivity index (χ4n) is 2.65. The third kappa shape index (κ3) is 3.78. The fraction of sp³-hybridized carbons (Fsp3) is 0.0476. The average molecular weight is 374 g/mol. The fourth-order valence-corrected chi connectivity index (χ4v) is 2.65. The first-order valence-electron chi connectivity index (χ1n) is 8.53. The summed E-state index contributed by atoms with van der Waals surface area (Å²) in [6.07, 6.45) is 0. The lowest BCUT2D eigenvalue weighted by Crippen LogP contribution is -2.13. The van der Waals surface area contributed by atoms with Gasteiger partial charge in [0.25, 0.3) is 11.8 Å². The first kappa shape index (κ1) is 17.5. The molecule has 7 heteroatoms. The normalized spacial score (nSPS) is 10.6. The third-order valence-corrected chi connectivity index (χ3v) is 4.03. The Bertz CT molecular complexity index is 1140. The van der Waals surface area contributed by atoms with Crippen LogP contribution in [0.3, 0.4) is 0 Å². The van der Waals surface area contributed by atoms with Crippen molar-refractivity contribution in [2.75, 3.05) is 5.32 Å². The number of amides is 1. The van der Waals surface area contributed by atoms with Gasteiger partial charge in [-0.15, -0.1) is 0 Å². The number of halogens is 1. The highest BCUT2D eigenvalue weighted by atomic mass is 19.1. The molecule has 0 saturated heterocycles. The molecule has 6 nitrogen and oxygen atoms in total. The van der Waals surface area contributed by atoms with Crippen LogP contribution in [0.15, 0.2) is 71.3 Å². The Morgan fingerprint density at radius 2 is 1.75 bits per heavy atom. The highest BCUT2D eigenvalue weighted by Gasteiger charge is 2.13. The summed E-state index contributed by atoms with van der Waals surface area (Å²) >= 11 is 0. The average Bonchev–Trinajstić information content (AvgIpc) is 3.19. The Labute approximate surface area is 160 Å². The monoisotopic (exact) mass is 374 g/mol. The van der Waals surface area contributed by atoms with Crippen molar-refractivity contribution in [1.29, 1.82) is 0 Å². The number of carbonyl (C=O) groups is 1. The molecule has 0 saturated carbocycles. The predicted octanol–water partition coefficient (Wildman–Crippen LogP) is 4.50. The molecule has 2 aromatic heterocycles. The maximum absolute atomic E-state index is 13.1. The van der Waals surface area contributed by atoms with Crippen LogP contribution in [0.5, 0.6) is 0 Å². The minimum Gasteiger partial charge on any atom is -0.334 e. The quantitative estimate of drug-likeness (QED) is 0.569. The van der Waals surface area contributed by atoms with Gasteiger partial charge in [-0.1, -0.05) is 17.3 Å². The number of aromatic nitrogens is 3. The van der Waals surface area contributed by atoms with Crippen molar-refractivity contribution in [2.45, 2.75) is 6.92 Å². The van der Waals surface area contributed by atoms with E-state index in [0.29, 0.717) is 28.3 Å². The van der Waals surface area contributed by atoms with Crippen LogP contribution in [0.25, 0.3) is 22.8 Å². The molecule has 0 aliphatic rings. The topological polar surface area (TPSA) is 80.9 Å². The smallest absolute Gasteiger partial charge is 0.258 e. The molecule has 4 aromatic rings. The lowest BCUT2D eigenvalue weighted by Gasteiger charge is -2.05. The molecule has 28 heavy (non-hydrogen) atoms. The van der Waals surface area contributed by atoms with Crippen molar-refractivity contribution >= 4 is 11.7 Å². The second-order valence-corrected chi connectivity index (χ2v) is 6.13. The molecule has 1 N–H and O–H groups in total. The van der Waals surface area contributed by atoms with Crippen LogP contribution in [0.2, 0.25) is 0 Å². The first-order chi connectivity index (χ1) is 13.6. The summed E-state index contributed by atoms with van der Waals surface area (Å²) in [4.78, 5) is 21.1. The van der Waals surface area contributed by atoms with Gasteiger partial charge in [-0.05, 0) is 61.5 Å². The minimum absolute atomic E-state index is 0.266. The van der Waals surface area contributed by atoms with Crippen molar-refractivity contribution in [3.8, 4) is 22.8 Å². The summed E-state index contributed by atoms with van der Waals surface area (Å²) in [5, 5.41) is 6.69. The summed E-state index contributed by atoms with van der Waals surface area (Å²) in [5.41, 5.74) is 2.48. The number of anilines is 1. The van der Waals surface area contributed by atoms with Crippen LogP contribution in [-0.4, -0.2) is 21.0 Å². The Balaban J connectivity index is 1.57. The van der Waals surface area contributed by atoms with E-state index in [1.807, 2.05) is 19.1 Å². The number of benzene rings is 2. The zero-order valence-corrected chi connectivity index (χ0v) is 14.9. The summed E-state index contributed by atoms with van der Waals surface area (Å²) in [7, 11) is 0. The van der Waals surface area contributed by atoms with Gasteiger partial charge in [0.1, 0.15) is 11.6 Å². The molecule has 0 atom stereocenters. The Morgan fingerprint density at radius 1 is 0.964 bits per heavy atom. The predicted molar refractivity (Wildman–Crippen MR) is 102 cm³/mol. The summed E-state index contributed by atoms with van der Waals surface area (Å²) in [6, 6.07) is 18.0. The van der Waals surface area contributed by atoms with Gasteiger partial charge in [0.2, 0.25) is 5.82 Å². The third-order valence-electron chi connectivity index (χ3n) is 4.03. The van der Waals surface area contributed by atoms with E-state index in [4.69, 9.17) is 4.52 Å². The van der Waals surface area contributed by atoms with Crippen LogP contribution in [-0.2, 0) is 0 Å². The Hall–Kier alpha value is -3.87. The Morgan fingerprint density at radius 3 is 2.54 bits per heavy atom.